The average Bonchev–Trinajstić information content (AvgIpc) is 3.04. The average molecular weight is 284 g/mol. The first kappa shape index (κ1) is 11.9. The highest BCUT2D eigenvalue weighted by Crippen LogP contribution is 2.33. The Hall–Kier alpha value is -0.540. The van der Waals surface area contributed by atoms with E-state index in [9.17, 15) is 0 Å². The van der Waals surface area contributed by atoms with Gasteiger partial charge < -0.3 is 10.5 Å². The zero-order valence-corrected chi connectivity index (χ0v) is 11.2. The lowest BCUT2D eigenvalue weighted by Crippen LogP contribution is -2.05. The van der Waals surface area contributed by atoms with Crippen molar-refractivity contribution in [2.45, 2.75) is 32.2 Å². The number of nitrogens with two attached hydrogens (primary N) is 1. The molecule has 16 heavy (non-hydrogen) atoms. The molecule has 0 saturated heterocycles. The summed E-state index contributed by atoms with van der Waals surface area (Å²) >= 11 is 3.52. The minimum absolute atomic E-state index is 0.0665. The Morgan fingerprint density at radius 3 is 2.81 bits per heavy atom. The summed E-state index contributed by atoms with van der Waals surface area (Å²) in [5.74, 6) is 1.84. The predicted octanol–water partition coefficient (Wildman–Crippen LogP) is 3.65. The van der Waals surface area contributed by atoms with Gasteiger partial charge in [-0.1, -0.05) is 18.9 Å². The normalized spacial score (nSPS) is 17.2. The molecule has 0 aromatic heterocycles. The molecule has 2 N–H and O–H groups in total. The molecule has 2 rings (SSSR count). The monoisotopic (exact) mass is 283 g/mol. The second-order valence-corrected chi connectivity index (χ2v) is 5.41. The van der Waals surface area contributed by atoms with Crippen LogP contribution in [-0.2, 0) is 0 Å². The summed E-state index contributed by atoms with van der Waals surface area (Å²) in [5.41, 5.74) is 6.95. The molecule has 1 atom stereocenters. The van der Waals surface area contributed by atoms with Crippen molar-refractivity contribution >= 4 is 15.9 Å². The van der Waals surface area contributed by atoms with Gasteiger partial charge in [-0.2, -0.15) is 0 Å². The second-order valence-electron chi connectivity index (χ2n) is 4.56. The largest absolute Gasteiger partial charge is 0.492 e. The lowest BCUT2D eigenvalue weighted by molar-refractivity contribution is 0.300. The van der Waals surface area contributed by atoms with Gasteiger partial charge in [-0.3, -0.25) is 0 Å². The number of hydrogen-bond acceptors (Lipinski definition) is 2. The van der Waals surface area contributed by atoms with Gasteiger partial charge in [0.2, 0.25) is 0 Å². The SMILES string of the molecule is C[C@H](N)c1ccc(OCCC2CC2)c(Br)c1. The van der Waals surface area contributed by atoms with Gasteiger partial charge >= 0.3 is 0 Å². The van der Waals surface area contributed by atoms with Crippen LogP contribution in [0.25, 0.3) is 0 Å². The number of benzene rings is 1. The summed E-state index contributed by atoms with van der Waals surface area (Å²) in [5, 5.41) is 0. The summed E-state index contributed by atoms with van der Waals surface area (Å²) in [4.78, 5) is 0. The smallest absolute Gasteiger partial charge is 0.133 e. The third-order valence-corrected chi connectivity index (χ3v) is 3.58. The standard InChI is InChI=1S/C13H18BrNO/c1-9(15)11-4-5-13(12(14)8-11)16-7-6-10-2-3-10/h4-5,8-10H,2-3,6-7,15H2,1H3/t9-/m0/s1. The zero-order valence-electron chi connectivity index (χ0n) is 9.58. The van der Waals surface area contributed by atoms with Gasteiger partial charge in [-0.25, -0.2) is 0 Å². The van der Waals surface area contributed by atoms with E-state index in [4.69, 9.17) is 10.5 Å². The first-order chi connectivity index (χ1) is 7.66. The Morgan fingerprint density at radius 1 is 1.50 bits per heavy atom. The number of rotatable bonds is 5. The Bertz CT molecular complexity index is 361. The highest BCUT2D eigenvalue weighted by atomic mass is 79.9. The summed E-state index contributed by atoms with van der Waals surface area (Å²) in [7, 11) is 0. The molecule has 2 nitrogen and oxygen atoms in total. The van der Waals surface area contributed by atoms with Crippen LogP contribution in [0, 0.1) is 5.92 Å². The van der Waals surface area contributed by atoms with E-state index < -0.39 is 0 Å². The van der Waals surface area contributed by atoms with E-state index in [0.29, 0.717) is 0 Å². The molecule has 1 aromatic carbocycles. The summed E-state index contributed by atoms with van der Waals surface area (Å²) in [6, 6.07) is 6.13. The third kappa shape index (κ3) is 3.22. The van der Waals surface area contributed by atoms with Crippen LogP contribution < -0.4 is 10.5 Å². The van der Waals surface area contributed by atoms with Crippen molar-refractivity contribution < 1.29 is 4.74 Å². The lowest BCUT2D eigenvalue weighted by atomic mass is 10.1. The first-order valence-corrected chi connectivity index (χ1v) is 6.64. The van der Waals surface area contributed by atoms with Crippen molar-refractivity contribution in [2.24, 2.45) is 11.7 Å². The molecular formula is C13H18BrNO. The molecule has 1 aliphatic rings. The summed E-state index contributed by atoms with van der Waals surface area (Å²) in [6.45, 7) is 2.80. The maximum Gasteiger partial charge on any atom is 0.133 e. The van der Waals surface area contributed by atoms with Gasteiger partial charge in [-0.15, -0.1) is 0 Å². The fraction of sp³-hybridized carbons (Fsp3) is 0.538. The molecule has 0 radical (unpaired) electrons. The molecule has 3 heteroatoms. The van der Waals surface area contributed by atoms with Crippen LogP contribution in [0.15, 0.2) is 22.7 Å². The van der Waals surface area contributed by atoms with Gasteiger partial charge in [0.25, 0.3) is 0 Å². The molecule has 0 spiro atoms. The van der Waals surface area contributed by atoms with E-state index in [2.05, 4.69) is 15.9 Å². The van der Waals surface area contributed by atoms with Crippen molar-refractivity contribution in [1.29, 1.82) is 0 Å². The van der Waals surface area contributed by atoms with Crippen molar-refractivity contribution in [3.8, 4) is 5.75 Å². The molecule has 1 saturated carbocycles. The van der Waals surface area contributed by atoms with Crippen LogP contribution in [0.3, 0.4) is 0 Å². The van der Waals surface area contributed by atoms with E-state index >= 15 is 0 Å². The number of halogens is 1. The van der Waals surface area contributed by atoms with Crippen LogP contribution in [0.5, 0.6) is 5.75 Å². The fourth-order valence-electron chi connectivity index (χ4n) is 1.66. The van der Waals surface area contributed by atoms with E-state index in [-0.39, 0.29) is 6.04 Å². The lowest BCUT2D eigenvalue weighted by Gasteiger charge is -2.11. The molecule has 0 unspecified atom stereocenters. The molecule has 1 aliphatic carbocycles. The van der Waals surface area contributed by atoms with Gasteiger partial charge in [0.05, 0.1) is 11.1 Å². The Kier molecular flexibility index (Phi) is 3.87. The molecule has 0 amide bonds. The first-order valence-electron chi connectivity index (χ1n) is 5.84. The van der Waals surface area contributed by atoms with Crippen molar-refractivity contribution in [3.05, 3.63) is 28.2 Å². The van der Waals surface area contributed by atoms with Gasteiger partial charge in [-0.05, 0) is 52.9 Å². The maximum atomic E-state index is 5.82. The van der Waals surface area contributed by atoms with Gasteiger partial charge in [0.15, 0.2) is 0 Å². The molecule has 1 aromatic rings. The summed E-state index contributed by atoms with van der Waals surface area (Å²) in [6.07, 6.45) is 3.95. The van der Waals surface area contributed by atoms with Crippen LogP contribution >= 0.6 is 15.9 Å². The molecule has 0 heterocycles. The number of ether oxygens (including phenoxy) is 1. The van der Waals surface area contributed by atoms with Crippen molar-refractivity contribution in [3.63, 3.8) is 0 Å². The minimum atomic E-state index is 0.0665. The molecular weight excluding hydrogens is 266 g/mol. The minimum Gasteiger partial charge on any atom is -0.492 e. The maximum absolute atomic E-state index is 5.82. The van der Waals surface area contributed by atoms with Gasteiger partial charge in [0.1, 0.15) is 5.75 Å². The molecule has 88 valence electrons. The van der Waals surface area contributed by atoms with Crippen LogP contribution in [0.2, 0.25) is 0 Å². The topological polar surface area (TPSA) is 35.2 Å². The molecule has 1 fully saturated rings. The third-order valence-electron chi connectivity index (χ3n) is 2.96. The van der Waals surface area contributed by atoms with E-state index in [1.807, 2.05) is 25.1 Å². The van der Waals surface area contributed by atoms with Crippen molar-refractivity contribution in [2.75, 3.05) is 6.61 Å². The highest BCUT2D eigenvalue weighted by molar-refractivity contribution is 9.10. The Balaban J connectivity index is 1.92. The highest BCUT2D eigenvalue weighted by Gasteiger charge is 2.20. The summed E-state index contributed by atoms with van der Waals surface area (Å²) < 4.78 is 6.73. The predicted molar refractivity (Wildman–Crippen MR) is 69.6 cm³/mol. The van der Waals surface area contributed by atoms with E-state index in [1.165, 1.54) is 19.3 Å². The molecule has 0 bridgehead atoms. The fourth-order valence-corrected chi connectivity index (χ4v) is 2.17. The number of hydrogen-bond donors (Lipinski definition) is 1. The zero-order chi connectivity index (χ0) is 11.5. The molecule has 0 aliphatic heterocycles. The Labute approximate surface area is 105 Å². The van der Waals surface area contributed by atoms with Gasteiger partial charge in [0, 0.05) is 6.04 Å². The van der Waals surface area contributed by atoms with Crippen LogP contribution in [0.1, 0.15) is 37.8 Å². The Morgan fingerprint density at radius 2 is 2.25 bits per heavy atom. The van der Waals surface area contributed by atoms with Crippen LogP contribution in [0.4, 0.5) is 0 Å². The second kappa shape index (κ2) is 5.19. The van der Waals surface area contributed by atoms with Crippen molar-refractivity contribution in [1.82, 2.24) is 0 Å². The quantitative estimate of drug-likeness (QED) is 0.895. The van der Waals surface area contributed by atoms with Crippen LogP contribution in [-0.4, -0.2) is 6.61 Å². The van der Waals surface area contributed by atoms with E-state index in [1.54, 1.807) is 0 Å². The van der Waals surface area contributed by atoms with E-state index in [0.717, 1.165) is 28.3 Å².